The molecule has 2 aromatic rings. The summed E-state index contributed by atoms with van der Waals surface area (Å²) in [5, 5.41) is 9.79. The summed E-state index contributed by atoms with van der Waals surface area (Å²) in [5.74, 6) is 1.23. The van der Waals surface area contributed by atoms with Gasteiger partial charge in [0.05, 0.1) is 19.4 Å². The first-order chi connectivity index (χ1) is 12.7. The third-order valence-electron chi connectivity index (χ3n) is 5.49. The first-order valence-corrected chi connectivity index (χ1v) is 9.24. The van der Waals surface area contributed by atoms with Crippen molar-refractivity contribution in [3.8, 4) is 6.07 Å². The molecule has 4 rings (SSSR count). The number of aromatic amines is 1. The minimum atomic E-state index is -0.0687. The van der Waals surface area contributed by atoms with E-state index >= 15 is 0 Å². The van der Waals surface area contributed by atoms with Crippen molar-refractivity contribution in [3.05, 3.63) is 46.5 Å². The summed E-state index contributed by atoms with van der Waals surface area (Å²) in [6, 6.07) is 5.86. The van der Waals surface area contributed by atoms with Crippen LogP contribution in [0.5, 0.6) is 0 Å². The summed E-state index contributed by atoms with van der Waals surface area (Å²) in [4.78, 5) is 19.9. The number of anilines is 1. The van der Waals surface area contributed by atoms with E-state index in [-0.39, 0.29) is 5.91 Å². The number of carbonyl (C=O) groups is 1. The first-order valence-electron chi connectivity index (χ1n) is 9.24. The fraction of sp³-hybridized carbons (Fsp3) is 0.450. The number of H-pyrrole nitrogens is 1. The van der Waals surface area contributed by atoms with Crippen molar-refractivity contribution in [1.82, 2.24) is 4.90 Å². The zero-order valence-corrected chi connectivity index (χ0v) is 15.0. The van der Waals surface area contributed by atoms with Gasteiger partial charge in [-0.3, -0.25) is 9.69 Å². The second-order valence-corrected chi connectivity index (χ2v) is 7.01. The van der Waals surface area contributed by atoms with E-state index < -0.39 is 0 Å². The fourth-order valence-corrected chi connectivity index (χ4v) is 4.10. The van der Waals surface area contributed by atoms with E-state index in [2.05, 4.69) is 22.9 Å². The van der Waals surface area contributed by atoms with E-state index in [1.807, 2.05) is 4.90 Å². The molecular weight excluding hydrogens is 328 g/mol. The number of hydrogen-bond acceptors (Lipinski definition) is 4. The van der Waals surface area contributed by atoms with Crippen LogP contribution in [0.15, 0.2) is 22.8 Å². The molecule has 0 aromatic carbocycles. The number of fused-ring (bicyclic) bond motifs is 1. The van der Waals surface area contributed by atoms with Gasteiger partial charge in [0.2, 0.25) is 0 Å². The number of piperazine rings is 1. The summed E-state index contributed by atoms with van der Waals surface area (Å²) in [5.41, 5.74) is 4.50. The highest BCUT2D eigenvalue weighted by atomic mass is 16.3. The summed E-state index contributed by atoms with van der Waals surface area (Å²) >= 11 is 0. The van der Waals surface area contributed by atoms with Gasteiger partial charge in [-0.1, -0.05) is 0 Å². The summed E-state index contributed by atoms with van der Waals surface area (Å²) in [7, 11) is 0. The largest absolute Gasteiger partial charge is 0.459 e. The highest BCUT2D eigenvalue weighted by molar-refractivity contribution is 5.91. The Morgan fingerprint density at radius 2 is 1.92 bits per heavy atom. The number of aryl methyl sites for hydroxylation is 1. The quantitative estimate of drug-likeness (QED) is 0.830. The molecule has 0 radical (unpaired) electrons. The predicted molar refractivity (Wildman–Crippen MR) is 95.9 cm³/mol. The lowest BCUT2D eigenvalue weighted by atomic mass is 9.88. The van der Waals surface area contributed by atoms with Crippen LogP contribution in [0.1, 0.15) is 45.8 Å². The van der Waals surface area contributed by atoms with Crippen molar-refractivity contribution in [2.45, 2.75) is 32.6 Å². The summed E-state index contributed by atoms with van der Waals surface area (Å²) in [6.07, 6.45) is 5.90. The Morgan fingerprint density at radius 1 is 1.19 bits per heavy atom. The number of furan rings is 1. The second-order valence-electron chi connectivity index (χ2n) is 7.01. The normalized spacial score (nSPS) is 16.9. The molecule has 2 aliphatic rings. The fourth-order valence-electron chi connectivity index (χ4n) is 4.10. The Morgan fingerprint density at radius 3 is 2.58 bits per heavy atom. The SMILES string of the molecule is Cc1[nH+]c(N2CCN(C(=O)c3ccco3)CC2)c(C#N)c2c1CCCC2. The van der Waals surface area contributed by atoms with Crippen molar-refractivity contribution in [1.29, 1.82) is 5.26 Å². The van der Waals surface area contributed by atoms with Gasteiger partial charge in [0.1, 0.15) is 30.4 Å². The Labute approximate surface area is 153 Å². The third kappa shape index (κ3) is 2.84. The number of nitrogens with zero attached hydrogens (tertiary/aromatic N) is 3. The molecule has 6 nitrogen and oxygen atoms in total. The lowest BCUT2D eigenvalue weighted by Gasteiger charge is -2.31. The topological polar surface area (TPSA) is 74.6 Å². The van der Waals surface area contributed by atoms with Crippen molar-refractivity contribution in [2.24, 2.45) is 0 Å². The number of hydrogen-bond donors (Lipinski definition) is 0. The highest BCUT2D eigenvalue weighted by Gasteiger charge is 2.32. The van der Waals surface area contributed by atoms with Crippen molar-refractivity contribution < 1.29 is 14.2 Å². The van der Waals surface area contributed by atoms with Gasteiger partial charge in [0.25, 0.3) is 11.7 Å². The molecule has 3 heterocycles. The summed E-state index contributed by atoms with van der Waals surface area (Å²) < 4.78 is 5.22. The van der Waals surface area contributed by atoms with Crippen molar-refractivity contribution >= 4 is 11.7 Å². The average molecular weight is 351 g/mol. The van der Waals surface area contributed by atoms with E-state index in [9.17, 15) is 10.1 Å². The van der Waals surface area contributed by atoms with E-state index in [4.69, 9.17) is 4.42 Å². The summed E-state index contributed by atoms with van der Waals surface area (Å²) in [6.45, 7) is 4.75. The Hall–Kier alpha value is -2.81. The minimum Gasteiger partial charge on any atom is -0.459 e. The number of carbonyl (C=O) groups excluding carboxylic acids is 1. The molecule has 134 valence electrons. The van der Waals surface area contributed by atoms with Crippen LogP contribution in [0.3, 0.4) is 0 Å². The van der Waals surface area contributed by atoms with Gasteiger partial charge < -0.3 is 9.32 Å². The lowest BCUT2D eigenvalue weighted by molar-refractivity contribution is -0.375. The molecule has 1 N–H and O–H groups in total. The van der Waals surface area contributed by atoms with Gasteiger partial charge >= 0.3 is 0 Å². The molecule has 0 bridgehead atoms. The standard InChI is InChI=1S/C20H22N4O2/c1-14-15-5-2-3-6-16(15)17(13-21)19(22-14)23-8-10-24(11-9-23)20(25)18-7-4-12-26-18/h4,7,12H,2-3,5-6,8-11H2,1H3/p+1. The molecule has 0 spiro atoms. The first kappa shape index (κ1) is 16.6. The maximum atomic E-state index is 12.4. The molecule has 2 aromatic heterocycles. The lowest BCUT2D eigenvalue weighted by Crippen LogP contribution is -2.50. The van der Waals surface area contributed by atoms with Gasteiger partial charge in [0.15, 0.2) is 5.76 Å². The Kier molecular flexibility index (Phi) is 4.37. The van der Waals surface area contributed by atoms with Crippen molar-refractivity contribution in [3.63, 3.8) is 0 Å². The van der Waals surface area contributed by atoms with Crippen LogP contribution in [0.4, 0.5) is 5.82 Å². The van der Waals surface area contributed by atoms with Gasteiger partial charge in [-0.25, -0.2) is 4.98 Å². The molecule has 1 aliphatic carbocycles. The molecule has 1 amide bonds. The number of rotatable bonds is 2. The molecule has 6 heteroatoms. The van der Waals surface area contributed by atoms with Crippen LogP contribution in [0.25, 0.3) is 0 Å². The van der Waals surface area contributed by atoms with Gasteiger partial charge in [-0.2, -0.15) is 5.26 Å². The van der Waals surface area contributed by atoms with E-state index in [1.54, 1.807) is 12.1 Å². The van der Waals surface area contributed by atoms with Crippen molar-refractivity contribution in [2.75, 3.05) is 31.1 Å². The number of pyridine rings is 1. The molecule has 0 unspecified atom stereocenters. The van der Waals surface area contributed by atoms with E-state index in [0.29, 0.717) is 31.9 Å². The maximum Gasteiger partial charge on any atom is 0.293 e. The molecule has 0 saturated carbocycles. The van der Waals surface area contributed by atoms with Crippen LogP contribution < -0.4 is 9.88 Å². The van der Waals surface area contributed by atoms with Crippen LogP contribution in [-0.4, -0.2) is 37.0 Å². The van der Waals surface area contributed by atoms with Crippen LogP contribution >= 0.6 is 0 Å². The second kappa shape index (κ2) is 6.83. The minimum absolute atomic E-state index is 0.0687. The van der Waals surface area contributed by atoms with Gasteiger partial charge in [-0.05, 0) is 55.9 Å². The Bertz CT molecular complexity index is 859. The molecule has 26 heavy (non-hydrogen) atoms. The number of amides is 1. The van der Waals surface area contributed by atoms with Crippen LogP contribution in [0.2, 0.25) is 0 Å². The maximum absolute atomic E-state index is 12.4. The number of nitriles is 1. The molecule has 1 fully saturated rings. The van der Waals surface area contributed by atoms with E-state index in [1.165, 1.54) is 29.5 Å². The Balaban J connectivity index is 1.56. The highest BCUT2D eigenvalue weighted by Crippen LogP contribution is 2.30. The smallest absolute Gasteiger partial charge is 0.293 e. The van der Waals surface area contributed by atoms with Gasteiger partial charge in [-0.15, -0.1) is 0 Å². The zero-order valence-electron chi connectivity index (χ0n) is 15.0. The van der Waals surface area contributed by atoms with E-state index in [0.717, 1.165) is 30.6 Å². The molecular formula is C20H23N4O2+. The molecule has 0 atom stereocenters. The third-order valence-corrected chi connectivity index (χ3v) is 5.49. The molecule has 1 aliphatic heterocycles. The van der Waals surface area contributed by atoms with Crippen LogP contribution in [0, 0.1) is 18.3 Å². The average Bonchev–Trinajstić information content (AvgIpc) is 3.22. The molecule has 1 saturated heterocycles. The zero-order chi connectivity index (χ0) is 18.1. The number of aromatic nitrogens is 1. The van der Waals surface area contributed by atoms with Gasteiger partial charge in [0, 0.05) is 0 Å². The predicted octanol–water partition coefficient (Wildman–Crippen LogP) is 2.11. The number of nitrogens with one attached hydrogen (secondary N) is 1. The van der Waals surface area contributed by atoms with Crippen LogP contribution in [-0.2, 0) is 12.8 Å². The monoisotopic (exact) mass is 351 g/mol.